The largest absolute Gasteiger partial charge is 0.756 e. The first-order chi connectivity index (χ1) is 31.0. The van der Waals surface area contributed by atoms with Gasteiger partial charge < -0.3 is 28.8 Å². The molecule has 9 heteroatoms. The third-order valence-corrected chi connectivity index (χ3v) is 11.7. The summed E-state index contributed by atoms with van der Waals surface area (Å²) in [5.41, 5.74) is 0. The summed E-state index contributed by atoms with van der Waals surface area (Å²) < 4.78 is 23.2. The average Bonchev–Trinajstić information content (AvgIpc) is 3.25. The van der Waals surface area contributed by atoms with Gasteiger partial charge in [-0.2, -0.15) is 0 Å². The maximum Gasteiger partial charge on any atom is 0.268 e. The van der Waals surface area contributed by atoms with Gasteiger partial charge in [0.2, 0.25) is 5.91 Å². The van der Waals surface area contributed by atoms with E-state index in [1.807, 2.05) is 27.2 Å². The number of carbonyl (C=O) groups excluding carboxylic acids is 1. The molecule has 0 aromatic heterocycles. The van der Waals surface area contributed by atoms with Gasteiger partial charge in [-0.15, -0.1) is 0 Å². The molecule has 3 atom stereocenters. The summed E-state index contributed by atoms with van der Waals surface area (Å²) in [4.78, 5) is 25.4. The Balaban J connectivity index is 4.40. The third-order valence-electron chi connectivity index (χ3n) is 10.8. The average molecular weight is 913 g/mol. The second kappa shape index (κ2) is 45.6. The van der Waals surface area contributed by atoms with Crippen LogP contribution in [0.1, 0.15) is 194 Å². The molecule has 368 valence electrons. The number of phosphoric ester groups is 1. The van der Waals surface area contributed by atoms with E-state index in [9.17, 15) is 19.4 Å². The van der Waals surface area contributed by atoms with E-state index in [0.717, 1.165) is 103 Å². The highest BCUT2D eigenvalue weighted by Crippen LogP contribution is 2.38. The molecule has 64 heavy (non-hydrogen) atoms. The highest BCUT2D eigenvalue weighted by Gasteiger charge is 2.23. The van der Waals surface area contributed by atoms with Gasteiger partial charge in [-0.25, -0.2) is 0 Å². The number of likely N-dealkylation sites (N-methyl/N-ethyl adjacent to an activating group) is 1. The van der Waals surface area contributed by atoms with E-state index >= 15 is 0 Å². The second-order valence-electron chi connectivity index (χ2n) is 18.1. The van der Waals surface area contributed by atoms with Gasteiger partial charge in [-0.05, 0) is 83.5 Å². The van der Waals surface area contributed by atoms with Crippen molar-refractivity contribution in [3.8, 4) is 0 Å². The third kappa shape index (κ3) is 47.4. The minimum atomic E-state index is -4.61. The number of quaternary nitrogens is 1. The highest BCUT2D eigenvalue weighted by atomic mass is 31.2. The van der Waals surface area contributed by atoms with Gasteiger partial charge in [0, 0.05) is 6.42 Å². The summed E-state index contributed by atoms with van der Waals surface area (Å²) in [6.45, 7) is 4.49. The molecule has 0 bridgehead atoms. The van der Waals surface area contributed by atoms with Crippen LogP contribution in [0.15, 0.2) is 97.2 Å². The number of rotatable bonds is 45. The Morgan fingerprint density at radius 2 is 0.969 bits per heavy atom. The number of hydrogen-bond acceptors (Lipinski definition) is 6. The Morgan fingerprint density at radius 1 is 0.562 bits per heavy atom. The van der Waals surface area contributed by atoms with Crippen molar-refractivity contribution in [3.63, 3.8) is 0 Å². The Hall–Kier alpha value is -2.58. The smallest absolute Gasteiger partial charge is 0.268 e. The van der Waals surface area contributed by atoms with Crippen molar-refractivity contribution in [2.24, 2.45) is 0 Å². The lowest BCUT2D eigenvalue weighted by atomic mass is 10.1. The van der Waals surface area contributed by atoms with Crippen molar-refractivity contribution < 1.29 is 32.9 Å². The molecule has 3 unspecified atom stereocenters. The zero-order valence-corrected chi connectivity index (χ0v) is 42.6. The van der Waals surface area contributed by atoms with Crippen LogP contribution in [0, 0.1) is 0 Å². The van der Waals surface area contributed by atoms with Crippen LogP contribution in [-0.4, -0.2) is 68.5 Å². The second-order valence-corrected chi connectivity index (χ2v) is 19.5. The molecule has 0 saturated heterocycles. The molecule has 1 amide bonds. The Kier molecular flexibility index (Phi) is 43.7. The van der Waals surface area contributed by atoms with Crippen LogP contribution in [0.25, 0.3) is 0 Å². The monoisotopic (exact) mass is 913 g/mol. The molecule has 8 nitrogen and oxygen atoms in total. The molecule has 0 aromatic rings. The highest BCUT2D eigenvalue weighted by molar-refractivity contribution is 7.45. The predicted octanol–water partition coefficient (Wildman–Crippen LogP) is 14.5. The summed E-state index contributed by atoms with van der Waals surface area (Å²) in [6.07, 6.45) is 64.6. The number of amides is 1. The van der Waals surface area contributed by atoms with Gasteiger partial charge in [0.25, 0.3) is 7.82 Å². The maximum absolute atomic E-state index is 12.9. The molecule has 0 rings (SSSR count). The molecule has 0 radical (unpaired) electrons. The van der Waals surface area contributed by atoms with Crippen molar-refractivity contribution in [3.05, 3.63) is 97.2 Å². The van der Waals surface area contributed by atoms with Crippen LogP contribution < -0.4 is 10.2 Å². The van der Waals surface area contributed by atoms with Crippen LogP contribution in [0.4, 0.5) is 0 Å². The first kappa shape index (κ1) is 61.4. The first-order valence-corrected chi connectivity index (χ1v) is 27.1. The molecule has 0 aliphatic heterocycles. The van der Waals surface area contributed by atoms with Gasteiger partial charge in [0.15, 0.2) is 0 Å². The summed E-state index contributed by atoms with van der Waals surface area (Å²) in [7, 11) is 1.22. The van der Waals surface area contributed by atoms with Crippen LogP contribution in [0.3, 0.4) is 0 Å². The number of unbranched alkanes of at least 4 members (excludes halogenated alkanes) is 18. The normalized spacial score (nSPS) is 14.9. The van der Waals surface area contributed by atoms with Crippen LogP contribution >= 0.6 is 7.82 Å². The molecular weight excluding hydrogens is 816 g/mol. The lowest BCUT2D eigenvalue weighted by molar-refractivity contribution is -0.870. The van der Waals surface area contributed by atoms with E-state index in [-0.39, 0.29) is 12.5 Å². The van der Waals surface area contributed by atoms with E-state index in [4.69, 9.17) is 9.05 Å². The van der Waals surface area contributed by atoms with Crippen molar-refractivity contribution in [1.82, 2.24) is 5.32 Å². The van der Waals surface area contributed by atoms with E-state index in [2.05, 4.69) is 104 Å². The topological polar surface area (TPSA) is 108 Å². The number of nitrogens with zero attached hydrogens (tertiary/aromatic N) is 1. The maximum atomic E-state index is 12.9. The number of aliphatic hydroxyl groups is 1. The first-order valence-electron chi connectivity index (χ1n) is 25.6. The lowest BCUT2D eigenvalue weighted by Crippen LogP contribution is -2.45. The lowest BCUT2D eigenvalue weighted by Gasteiger charge is -2.29. The van der Waals surface area contributed by atoms with E-state index < -0.39 is 26.6 Å². The van der Waals surface area contributed by atoms with Crippen LogP contribution in [-0.2, 0) is 18.4 Å². The number of nitrogens with one attached hydrogen (secondary N) is 1. The van der Waals surface area contributed by atoms with Gasteiger partial charge in [-0.3, -0.25) is 9.36 Å². The summed E-state index contributed by atoms with van der Waals surface area (Å²) in [6, 6.07) is -0.918. The molecule has 0 aliphatic carbocycles. The SMILES string of the molecule is CC/C=C\C/C=C\C/C=C\C/C=C\C/C=C\C/C=C\CCCCCCCCC(=O)NC(COP(=O)([O-])OCC[N+](C)(C)C)C(O)/C=C/CC/C=C/CCCCCCCCCCCCC. The van der Waals surface area contributed by atoms with E-state index in [1.54, 1.807) is 6.08 Å². The van der Waals surface area contributed by atoms with E-state index in [1.165, 1.54) is 70.6 Å². The van der Waals surface area contributed by atoms with Gasteiger partial charge in [0.1, 0.15) is 13.2 Å². The van der Waals surface area contributed by atoms with Gasteiger partial charge in [0.05, 0.1) is 39.9 Å². The Labute approximate surface area is 394 Å². The zero-order chi connectivity index (χ0) is 47.1. The fraction of sp³-hybridized carbons (Fsp3) is 0.691. The molecule has 0 spiro atoms. The van der Waals surface area contributed by atoms with E-state index in [0.29, 0.717) is 17.4 Å². The fourth-order valence-corrected chi connectivity index (χ4v) is 7.48. The standard InChI is InChI=1S/C55H97N2O6P/c1-6-8-10-12-14-16-18-20-22-24-25-26-27-28-29-30-31-33-35-37-39-41-43-45-47-49-55(59)56-53(52-63-64(60,61)62-51-50-57(3,4)5)54(58)48-46-44-42-40-38-36-34-32-23-21-19-17-15-13-11-9-7-2/h8,10,14,16,20,22,25-26,28-29,31,33,38,40,46,48,53-54,58H,6-7,9,11-13,15,17-19,21,23-24,27,30,32,34-37,39,41-45,47,49-52H2,1-5H3,(H-,56,59,60,61)/b10-8-,16-14-,22-20-,26-25-,29-28-,33-31-,40-38+,48-46+. The molecule has 0 heterocycles. The number of hydrogen-bond donors (Lipinski definition) is 2. The summed E-state index contributed by atoms with van der Waals surface area (Å²) in [5, 5.41) is 13.8. The number of phosphoric acid groups is 1. The molecule has 0 aromatic carbocycles. The minimum Gasteiger partial charge on any atom is -0.756 e. The number of carbonyl (C=O) groups is 1. The van der Waals surface area contributed by atoms with Crippen LogP contribution in [0.5, 0.6) is 0 Å². The van der Waals surface area contributed by atoms with Gasteiger partial charge >= 0.3 is 0 Å². The predicted molar refractivity (Wildman–Crippen MR) is 274 cm³/mol. The molecule has 0 saturated carbocycles. The van der Waals surface area contributed by atoms with Crippen molar-refractivity contribution in [2.45, 2.75) is 206 Å². The number of aliphatic hydroxyl groups excluding tert-OH is 1. The van der Waals surface area contributed by atoms with Crippen molar-refractivity contribution in [1.29, 1.82) is 0 Å². The minimum absolute atomic E-state index is 0.0148. The van der Waals surface area contributed by atoms with Crippen molar-refractivity contribution >= 4 is 13.7 Å². The molecule has 2 N–H and O–H groups in total. The summed E-state index contributed by atoms with van der Waals surface area (Å²) in [5.74, 6) is -0.226. The van der Waals surface area contributed by atoms with Gasteiger partial charge in [-0.1, -0.05) is 201 Å². The molecule has 0 fully saturated rings. The van der Waals surface area contributed by atoms with Crippen molar-refractivity contribution in [2.75, 3.05) is 40.9 Å². The molecule has 0 aliphatic rings. The number of allylic oxidation sites excluding steroid dienone is 15. The fourth-order valence-electron chi connectivity index (χ4n) is 6.76. The quantitative estimate of drug-likeness (QED) is 0.0273. The Bertz CT molecular complexity index is 1360. The summed E-state index contributed by atoms with van der Waals surface area (Å²) >= 11 is 0. The Morgan fingerprint density at radius 3 is 1.45 bits per heavy atom. The van der Waals surface area contributed by atoms with Crippen LogP contribution in [0.2, 0.25) is 0 Å². The molecular formula is C55H97N2O6P. The zero-order valence-electron chi connectivity index (χ0n) is 41.7.